The summed E-state index contributed by atoms with van der Waals surface area (Å²) in [6.45, 7) is 10.4. The van der Waals surface area contributed by atoms with E-state index in [9.17, 15) is 4.79 Å². The molecule has 0 aromatic heterocycles. The van der Waals surface area contributed by atoms with Crippen molar-refractivity contribution in [2.75, 3.05) is 0 Å². The van der Waals surface area contributed by atoms with E-state index in [0.29, 0.717) is 11.8 Å². The number of allylic oxidation sites excluding steroid dienone is 1. The fourth-order valence-corrected chi connectivity index (χ4v) is 2.98. The van der Waals surface area contributed by atoms with Gasteiger partial charge in [-0.05, 0) is 42.6 Å². The number of rotatable bonds is 4. The molecule has 0 aromatic carbocycles. The zero-order chi connectivity index (χ0) is 11.4. The summed E-state index contributed by atoms with van der Waals surface area (Å²) in [5.41, 5.74) is 0. The Kier molecular flexibility index (Phi) is 4.56. The van der Waals surface area contributed by atoms with Crippen LogP contribution in [0.3, 0.4) is 0 Å². The van der Waals surface area contributed by atoms with E-state index in [1.165, 1.54) is 25.3 Å². The van der Waals surface area contributed by atoms with Gasteiger partial charge in [0.15, 0.2) is 5.78 Å². The van der Waals surface area contributed by atoms with Crippen LogP contribution in [0.5, 0.6) is 0 Å². The lowest BCUT2D eigenvalue weighted by Crippen LogP contribution is -2.29. The largest absolute Gasteiger partial charge is 0.295 e. The first-order valence-corrected chi connectivity index (χ1v) is 6.19. The average molecular weight is 208 g/mol. The van der Waals surface area contributed by atoms with Gasteiger partial charge in [0.2, 0.25) is 0 Å². The highest BCUT2D eigenvalue weighted by Gasteiger charge is 2.31. The van der Waals surface area contributed by atoms with Crippen LogP contribution in [0.1, 0.15) is 46.5 Å². The number of carbonyl (C=O) groups is 1. The fraction of sp³-hybridized carbons (Fsp3) is 0.786. The van der Waals surface area contributed by atoms with Crippen molar-refractivity contribution >= 4 is 5.78 Å². The summed E-state index contributed by atoms with van der Waals surface area (Å²) >= 11 is 0. The highest BCUT2D eigenvalue weighted by molar-refractivity contribution is 5.89. The minimum Gasteiger partial charge on any atom is -0.295 e. The van der Waals surface area contributed by atoms with Crippen LogP contribution in [0, 0.1) is 23.7 Å². The van der Waals surface area contributed by atoms with Gasteiger partial charge in [-0.3, -0.25) is 4.79 Å². The summed E-state index contributed by atoms with van der Waals surface area (Å²) < 4.78 is 0. The van der Waals surface area contributed by atoms with Crippen LogP contribution in [0.2, 0.25) is 0 Å². The van der Waals surface area contributed by atoms with Gasteiger partial charge in [0, 0.05) is 6.42 Å². The highest BCUT2D eigenvalue weighted by atomic mass is 16.1. The molecule has 15 heavy (non-hydrogen) atoms. The summed E-state index contributed by atoms with van der Waals surface area (Å²) in [6.07, 6.45) is 6.06. The lowest BCUT2D eigenvalue weighted by atomic mass is 9.68. The summed E-state index contributed by atoms with van der Waals surface area (Å²) in [7, 11) is 0. The van der Waals surface area contributed by atoms with Gasteiger partial charge in [-0.15, -0.1) is 0 Å². The molecule has 0 N–H and O–H groups in total. The molecule has 3 atom stereocenters. The number of ketones is 1. The van der Waals surface area contributed by atoms with E-state index in [2.05, 4.69) is 27.4 Å². The molecule has 0 spiro atoms. The first-order chi connectivity index (χ1) is 7.04. The maximum atomic E-state index is 11.4. The lowest BCUT2D eigenvalue weighted by molar-refractivity contribution is -0.116. The summed E-state index contributed by atoms with van der Waals surface area (Å²) in [6, 6.07) is 0. The maximum absolute atomic E-state index is 11.4. The third-order valence-electron chi connectivity index (χ3n) is 3.85. The number of hydrogen-bond donors (Lipinski definition) is 0. The van der Waals surface area contributed by atoms with E-state index in [1.54, 1.807) is 0 Å². The second-order valence-electron chi connectivity index (χ2n) is 5.46. The molecule has 0 unspecified atom stereocenters. The normalized spacial score (nSPS) is 31.6. The standard InChI is InChI=1S/C14H24O/c1-5-13(15)9-12-8-11(4)6-7-14(12)10(2)3/h5,10-12,14H,1,6-9H2,2-4H3/t11-,12+,14+/m1/s1. The minimum atomic E-state index is 0.222. The minimum absolute atomic E-state index is 0.222. The molecule has 1 aliphatic carbocycles. The second kappa shape index (κ2) is 5.48. The molecule has 1 saturated carbocycles. The van der Waals surface area contributed by atoms with Crippen molar-refractivity contribution in [1.29, 1.82) is 0 Å². The second-order valence-corrected chi connectivity index (χ2v) is 5.46. The molecule has 0 bridgehead atoms. The lowest BCUT2D eigenvalue weighted by Gasteiger charge is -2.37. The van der Waals surface area contributed by atoms with Gasteiger partial charge in [0.25, 0.3) is 0 Å². The molecule has 1 rings (SSSR count). The third-order valence-corrected chi connectivity index (χ3v) is 3.85. The zero-order valence-electron chi connectivity index (χ0n) is 10.3. The molecule has 1 fully saturated rings. The van der Waals surface area contributed by atoms with Crippen LogP contribution in [0.25, 0.3) is 0 Å². The van der Waals surface area contributed by atoms with Crippen molar-refractivity contribution in [1.82, 2.24) is 0 Å². The molecule has 1 aliphatic rings. The Morgan fingerprint density at radius 1 is 1.47 bits per heavy atom. The zero-order valence-corrected chi connectivity index (χ0v) is 10.3. The maximum Gasteiger partial charge on any atom is 0.155 e. The van der Waals surface area contributed by atoms with Gasteiger partial charge in [-0.2, -0.15) is 0 Å². The Labute approximate surface area is 93.9 Å². The van der Waals surface area contributed by atoms with E-state index in [4.69, 9.17) is 0 Å². The SMILES string of the molecule is C=CC(=O)C[C@@H]1C[C@H](C)CC[C@H]1C(C)C. The Morgan fingerprint density at radius 2 is 2.13 bits per heavy atom. The predicted molar refractivity (Wildman–Crippen MR) is 64.7 cm³/mol. The molecule has 0 heterocycles. The van der Waals surface area contributed by atoms with Crippen LogP contribution in [-0.2, 0) is 4.79 Å². The Bertz CT molecular complexity index is 229. The van der Waals surface area contributed by atoms with Crippen molar-refractivity contribution in [2.45, 2.75) is 46.5 Å². The molecule has 0 radical (unpaired) electrons. The van der Waals surface area contributed by atoms with Gasteiger partial charge in [0.05, 0.1) is 0 Å². The summed E-state index contributed by atoms with van der Waals surface area (Å²) in [4.78, 5) is 11.4. The van der Waals surface area contributed by atoms with Crippen LogP contribution in [0.15, 0.2) is 12.7 Å². The van der Waals surface area contributed by atoms with Crippen molar-refractivity contribution in [3.05, 3.63) is 12.7 Å². The van der Waals surface area contributed by atoms with Gasteiger partial charge in [-0.25, -0.2) is 0 Å². The van der Waals surface area contributed by atoms with E-state index in [-0.39, 0.29) is 5.78 Å². The fourth-order valence-electron chi connectivity index (χ4n) is 2.98. The van der Waals surface area contributed by atoms with E-state index < -0.39 is 0 Å². The van der Waals surface area contributed by atoms with Crippen LogP contribution < -0.4 is 0 Å². The monoisotopic (exact) mass is 208 g/mol. The van der Waals surface area contributed by atoms with E-state index >= 15 is 0 Å². The van der Waals surface area contributed by atoms with Crippen LogP contribution in [0.4, 0.5) is 0 Å². The molecule has 1 nitrogen and oxygen atoms in total. The van der Waals surface area contributed by atoms with Crippen molar-refractivity contribution in [3.8, 4) is 0 Å². The van der Waals surface area contributed by atoms with Gasteiger partial charge < -0.3 is 0 Å². The number of carbonyl (C=O) groups excluding carboxylic acids is 1. The molecule has 1 heteroatoms. The van der Waals surface area contributed by atoms with Crippen molar-refractivity contribution in [2.24, 2.45) is 23.7 Å². The van der Waals surface area contributed by atoms with Crippen LogP contribution in [-0.4, -0.2) is 5.78 Å². The first-order valence-electron chi connectivity index (χ1n) is 6.19. The average Bonchev–Trinajstić information content (AvgIpc) is 2.17. The quantitative estimate of drug-likeness (QED) is 0.641. The molecule has 86 valence electrons. The molecule has 0 aromatic rings. The van der Waals surface area contributed by atoms with Crippen LogP contribution >= 0.6 is 0 Å². The van der Waals surface area contributed by atoms with Crippen molar-refractivity contribution < 1.29 is 4.79 Å². The smallest absolute Gasteiger partial charge is 0.155 e. The Morgan fingerprint density at radius 3 is 2.67 bits per heavy atom. The molecule has 0 aliphatic heterocycles. The topological polar surface area (TPSA) is 17.1 Å². The summed E-state index contributed by atoms with van der Waals surface area (Å²) in [5, 5.41) is 0. The van der Waals surface area contributed by atoms with Crippen molar-refractivity contribution in [3.63, 3.8) is 0 Å². The van der Waals surface area contributed by atoms with E-state index in [0.717, 1.165) is 18.3 Å². The summed E-state index contributed by atoms with van der Waals surface area (Å²) in [5.74, 6) is 3.06. The van der Waals surface area contributed by atoms with Gasteiger partial charge >= 0.3 is 0 Å². The highest BCUT2D eigenvalue weighted by Crippen LogP contribution is 2.39. The Hall–Kier alpha value is -0.590. The molecular weight excluding hydrogens is 184 g/mol. The first kappa shape index (κ1) is 12.5. The predicted octanol–water partition coefficient (Wildman–Crippen LogP) is 3.84. The molecule has 0 saturated heterocycles. The van der Waals surface area contributed by atoms with Gasteiger partial charge in [0.1, 0.15) is 0 Å². The van der Waals surface area contributed by atoms with E-state index in [1.807, 2.05) is 0 Å². The molecular formula is C14H24O. The third kappa shape index (κ3) is 3.48. The van der Waals surface area contributed by atoms with Gasteiger partial charge in [-0.1, -0.05) is 33.8 Å². The molecule has 0 amide bonds. The Balaban J connectivity index is 2.61. The number of hydrogen-bond acceptors (Lipinski definition) is 1.